The first kappa shape index (κ1) is 6.92. The van der Waals surface area contributed by atoms with Gasteiger partial charge in [0.15, 0.2) is 0 Å². The molecular weight excluding hydrogens is 140 g/mol. The van der Waals surface area contributed by atoms with Crippen molar-refractivity contribution in [3.8, 4) is 5.75 Å². The zero-order valence-electron chi connectivity index (χ0n) is 5.27. The molecular formula is C6H5F2NO. The molecule has 0 aliphatic carbocycles. The molecule has 0 aromatic carbocycles. The van der Waals surface area contributed by atoms with Crippen molar-refractivity contribution in [2.75, 3.05) is 7.11 Å². The zero-order valence-corrected chi connectivity index (χ0v) is 5.27. The second kappa shape index (κ2) is 2.60. The number of aromatic nitrogens is 1. The van der Waals surface area contributed by atoms with E-state index >= 15 is 0 Å². The van der Waals surface area contributed by atoms with Gasteiger partial charge in [0.05, 0.1) is 7.11 Å². The third-order valence-corrected chi connectivity index (χ3v) is 0.972. The van der Waals surface area contributed by atoms with Crippen molar-refractivity contribution in [1.82, 2.24) is 4.98 Å². The van der Waals surface area contributed by atoms with E-state index in [1.54, 1.807) is 0 Å². The summed E-state index contributed by atoms with van der Waals surface area (Å²) in [6.45, 7) is 0. The number of methoxy groups -OCH3 is 1. The summed E-state index contributed by atoms with van der Waals surface area (Å²) in [5.74, 6) is -1.63. The lowest BCUT2D eigenvalue weighted by molar-refractivity contribution is 0.400. The van der Waals surface area contributed by atoms with Crippen molar-refractivity contribution in [3.63, 3.8) is 0 Å². The van der Waals surface area contributed by atoms with Crippen LogP contribution in [0.5, 0.6) is 5.75 Å². The highest BCUT2D eigenvalue weighted by atomic mass is 19.1. The second-order valence-corrected chi connectivity index (χ2v) is 1.65. The molecule has 10 heavy (non-hydrogen) atoms. The van der Waals surface area contributed by atoms with Crippen molar-refractivity contribution in [2.45, 2.75) is 0 Å². The van der Waals surface area contributed by atoms with E-state index in [0.29, 0.717) is 0 Å². The second-order valence-electron chi connectivity index (χ2n) is 1.65. The van der Waals surface area contributed by atoms with Crippen LogP contribution < -0.4 is 4.74 Å². The molecule has 2 nitrogen and oxygen atoms in total. The Morgan fingerprint density at radius 2 is 1.80 bits per heavy atom. The Morgan fingerprint density at radius 1 is 1.30 bits per heavy atom. The third kappa shape index (κ3) is 1.40. The molecule has 0 saturated carbocycles. The van der Waals surface area contributed by atoms with Crippen molar-refractivity contribution in [1.29, 1.82) is 0 Å². The highest BCUT2D eigenvalue weighted by Crippen LogP contribution is 2.10. The van der Waals surface area contributed by atoms with Crippen molar-refractivity contribution in [2.24, 2.45) is 0 Å². The summed E-state index contributed by atoms with van der Waals surface area (Å²) < 4.78 is 28.9. The molecule has 0 atom stereocenters. The molecule has 54 valence electrons. The van der Waals surface area contributed by atoms with E-state index in [1.165, 1.54) is 7.11 Å². The van der Waals surface area contributed by atoms with Gasteiger partial charge in [-0.25, -0.2) is 0 Å². The molecule has 4 heteroatoms. The van der Waals surface area contributed by atoms with Crippen molar-refractivity contribution < 1.29 is 13.5 Å². The number of ether oxygens (including phenoxy) is 1. The number of nitrogens with zero attached hydrogens (tertiary/aromatic N) is 1. The van der Waals surface area contributed by atoms with E-state index in [2.05, 4.69) is 9.72 Å². The molecule has 0 fully saturated rings. The highest BCUT2D eigenvalue weighted by Gasteiger charge is 1.99. The monoisotopic (exact) mass is 145 g/mol. The minimum Gasteiger partial charge on any atom is -0.496 e. The Balaban J connectivity index is 3.06. The Labute approximate surface area is 56.5 Å². The van der Waals surface area contributed by atoms with Crippen LogP contribution in [0.4, 0.5) is 8.78 Å². The Morgan fingerprint density at radius 3 is 2.20 bits per heavy atom. The topological polar surface area (TPSA) is 22.1 Å². The summed E-state index contributed by atoms with van der Waals surface area (Å²) in [4.78, 5) is 2.87. The van der Waals surface area contributed by atoms with Gasteiger partial charge < -0.3 is 4.74 Å². The first-order chi connectivity index (χ1) is 4.72. The van der Waals surface area contributed by atoms with Gasteiger partial charge in [-0.3, -0.25) is 0 Å². The van der Waals surface area contributed by atoms with Gasteiger partial charge in [-0.1, -0.05) is 0 Å². The van der Waals surface area contributed by atoms with Gasteiger partial charge in [0.1, 0.15) is 5.75 Å². The SMILES string of the molecule is COc1cc(F)nc(F)c1. The van der Waals surface area contributed by atoms with E-state index in [9.17, 15) is 8.78 Å². The fourth-order valence-corrected chi connectivity index (χ4v) is 0.561. The molecule has 0 aliphatic heterocycles. The van der Waals surface area contributed by atoms with Gasteiger partial charge >= 0.3 is 0 Å². The van der Waals surface area contributed by atoms with Crippen LogP contribution >= 0.6 is 0 Å². The van der Waals surface area contributed by atoms with Crippen LogP contribution in [0.2, 0.25) is 0 Å². The molecule has 0 saturated heterocycles. The van der Waals surface area contributed by atoms with E-state index in [1.807, 2.05) is 0 Å². The van der Waals surface area contributed by atoms with Crippen LogP contribution in [0.25, 0.3) is 0 Å². The molecule has 1 aromatic rings. The average molecular weight is 145 g/mol. The number of hydrogen-bond acceptors (Lipinski definition) is 2. The van der Waals surface area contributed by atoms with E-state index in [-0.39, 0.29) is 5.75 Å². The average Bonchev–Trinajstić information content (AvgIpc) is 1.85. The van der Waals surface area contributed by atoms with Crippen LogP contribution in [-0.2, 0) is 0 Å². The lowest BCUT2D eigenvalue weighted by Crippen LogP contribution is -1.90. The van der Waals surface area contributed by atoms with Crippen LogP contribution in [0.15, 0.2) is 12.1 Å². The normalized spacial score (nSPS) is 9.50. The van der Waals surface area contributed by atoms with Crippen LogP contribution in [0.3, 0.4) is 0 Å². The summed E-state index contributed by atoms with van der Waals surface area (Å²) in [6, 6.07) is 2.01. The zero-order chi connectivity index (χ0) is 7.56. The molecule has 0 spiro atoms. The number of halogens is 2. The van der Waals surface area contributed by atoms with E-state index in [0.717, 1.165) is 12.1 Å². The number of pyridine rings is 1. The lowest BCUT2D eigenvalue weighted by Gasteiger charge is -1.97. The van der Waals surface area contributed by atoms with Gasteiger partial charge in [0, 0.05) is 12.1 Å². The molecule has 0 bridgehead atoms. The maximum Gasteiger partial charge on any atom is 0.219 e. The van der Waals surface area contributed by atoms with Crippen molar-refractivity contribution in [3.05, 3.63) is 24.0 Å². The third-order valence-electron chi connectivity index (χ3n) is 0.972. The van der Waals surface area contributed by atoms with Gasteiger partial charge in [0.2, 0.25) is 11.9 Å². The van der Waals surface area contributed by atoms with Crippen molar-refractivity contribution >= 4 is 0 Å². The maximum atomic E-state index is 12.2. The minimum atomic E-state index is -0.878. The van der Waals surface area contributed by atoms with Gasteiger partial charge in [0.25, 0.3) is 0 Å². The van der Waals surface area contributed by atoms with Gasteiger partial charge in [-0.05, 0) is 0 Å². The smallest absolute Gasteiger partial charge is 0.219 e. The van der Waals surface area contributed by atoms with Crippen LogP contribution in [0.1, 0.15) is 0 Å². The Hall–Kier alpha value is -1.19. The fourth-order valence-electron chi connectivity index (χ4n) is 0.561. The quantitative estimate of drug-likeness (QED) is 0.557. The maximum absolute atomic E-state index is 12.2. The molecule has 1 heterocycles. The Kier molecular flexibility index (Phi) is 1.80. The summed E-state index contributed by atoms with van der Waals surface area (Å²) >= 11 is 0. The van der Waals surface area contributed by atoms with E-state index in [4.69, 9.17) is 0 Å². The molecule has 1 rings (SSSR count). The number of rotatable bonds is 1. The summed E-state index contributed by atoms with van der Waals surface area (Å²) in [7, 11) is 1.33. The number of hydrogen-bond donors (Lipinski definition) is 0. The standard InChI is InChI=1S/C6H5F2NO/c1-10-4-2-5(7)9-6(8)3-4/h2-3H,1H3. The van der Waals surface area contributed by atoms with Gasteiger partial charge in [-0.15, -0.1) is 0 Å². The first-order valence-electron chi connectivity index (χ1n) is 2.59. The lowest BCUT2D eigenvalue weighted by atomic mass is 10.4. The largest absolute Gasteiger partial charge is 0.496 e. The summed E-state index contributed by atoms with van der Waals surface area (Å²) in [6.07, 6.45) is 0. The molecule has 0 amide bonds. The highest BCUT2D eigenvalue weighted by molar-refractivity contribution is 5.18. The van der Waals surface area contributed by atoms with E-state index < -0.39 is 11.9 Å². The first-order valence-corrected chi connectivity index (χ1v) is 2.59. The van der Waals surface area contributed by atoms with Gasteiger partial charge in [-0.2, -0.15) is 13.8 Å². The summed E-state index contributed by atoms with van der Waals surface area (Å²) in [5, 5.41) is 0. The molecule has 0 radical (unpaired) electrons. The Bertz CT molecular complexity index is 219. The predicted octanol–water partition coefficient (Wildman–Crippen LogP) is 1.37. The predicted molar refractivity (Wildman–Crippen MR) is 30.7 cm³/mol. The van der Waals surface area contributed by atoms with Crippen LogP contribution in [0, 0.1) is 11.9 Å². The minimum absolute atomic E-state index is 0.130. The molecule has 0 N–H and O–H groups in total. The van der Waals surface area contributed by atoms with Crippen LogP contribution in [-0.4, -0.2) is 12.1 Å². The molecule has 0 aliphatic rings. The summed E-state index contributed by atoms with van der Waals surface area (Å²) in [5.41, 5.74) is 0. The fraction of sp³-hybridized carbons (Fsp3) is 0.167. The molecule has 0 unspecified atom stereocenters. The molecule has 1 aromatic heterocycles.